The number of alkyl halides is 3. The second-order valence-corrected chi connectivity index (χ2v) is 4.28. The Bertz CT molecular complexity index is 255. The van der Waals surface area contributed by atoms with Crippen molar-refractivity contribution in [3.63, 3.8) is 0 Å². The molecule has 2 N–H and O–H groups in total. The van der Waals surface area contributed by atoms with E-state index in [-0.39, 0.29) is 6.42 Å². The minimum absolute atomic E-state index is 0.0246. The number of hydrogen-bond acceptors (Lipinski definition) is 2. The van der Waals surface area contributed by atoms with Crippen molar-refractivity contribution >= 4 is 7.82 Å². The first-order valence-corrected chi connectivity index (χ1v) is 5.94. The Morgan fingerprint density at radius 3 is 2.00 bits per heavy atom. The molecule has 0 bridgehead atoms. The summed E-state index contributed by atoms with van der Waals surface area (Å²) in [4.78, 5) is 16.7. The first-order chi connectivity index (χ1) is 6.58. The normalized spacial score (nSPS) is 17.5. The molecule has 0 aliphatic carbocycles. The van der Waals surface area contributed by atoms with Crippen LogP contribution in [0.2, 0.25) is 0 Å². The predicted octanol–water partition coefficient (Wildman–Crippen LogP) is 2.61. The van der Waals surface area contributed by atoms with Crippen LogP contribution in [0.25, 0.3) is 0 Å². The van der Waals surface area contributed by atoms with Crippen LogP contribution in [-0.4, -0.2) is 21.6 Å². The molecule has 0 aromatic heterocycles. The van der Waals surface area contributed by atoms with Gasteiger partial charge < -0.3 is 9.79 Å². The molecule has 1 unspecified atom stereocenters. The monoisotopic (exact) mass is 250 g/mol. The minimum Gasteiger partial charge on any atom is -0.303 e. The van der Waals surface area contributed by atoms with Crippen LogP contribution >= 0.6 is 7.82 Å². The van der Waals surface area contributed by atoms with E-state index in [1.165, 1.54) is 6.92 Å². The van der Waals surface area contributed by atoms with Crippen molar-refractivity contribution in [3.05, 3.63) is 0 Å². The average Bonchev–Trinajstić information content (AvgIpc) is 2.00. The zero-order valence-corrected chi connectivity index (χ0v) is 9.31. The van der Waals surface area contributed by atoms with E-state index in [1.807, 2.05) is 0 Å². The van der Waals surface area contributed by atoms with Gasteiger partial charge in [-0.3, -0.25) is 0 Å². The molecular formula is C7H14F3O4P. The van der Waals surface area contributed by atoms with Crippen molar-refractivity contribution in [1.29, 1.82) is 0 Å². The molecule has 0 saturated heterocycles. The van der Waals surface area contributed by atoms with Gasteiger partial charge in [-0.1, -0.05) is 20.3 Å². The SMILES string of the molecule is CCCC(F)(F)C(F)(CC)OP(=O)(O)O. The van der Waals surface area contributed by atoms with E-state index in [9.17, 15) is 17.7 Å². The van der Waals surface area contributed by atoms with Gasteiger partial charge in [0.15, 0.2) is 0 Å². The summed E-state index contributed by atoms with van der Waals surface area (Å²) in [5, 5.41) is 0. The lowest BCUT2D eigenvalue weighted by Crippen LogP contribution is -2.45. The second-order valence-electron chi connectivity index (χ2n) is 3.12. The summed E-state index contributed by atoms with van der Waals surface area (Å²) in [5.74, 6) is -7.54. The Morgan fingerprint density at radius 2 is 1.73 bits per heavy atom. The summed E-state index contributed by atoms with van der Waals surface area (Å²) in [5.41, 5.74) is 0. The molecule has 0 fully saturated rings. The zero-order chi connectivity index (χ0) is 12.3. The van der Waals surface area contributed by atoms with E-state index in [0.29, 0.717) is 0 Å². The zero-order valence-electron chi connectivity index (χ0n) is 8.41. The molecule has 0 heterocycles. The van der Waals surface area contributed by atoms with Gasteiger partial charge in [0, 0.05) is 12.8 Å². The Hall–Kier alpha value is -0.100. The largest absolute Gasteiger partial charge is 0.472 e. The molecule has 0 spiro atoms. The van der Waals surface area contributed by atoms with E-state index >= 15 is 0 Å². The number of phosphoric ester groups is 1. The quantitative estimate of drug-likeness (QED) is 0.711. The summed E-state index contributed by atoms with van der Waals surface area (Å²) in [6.07, 6.45) is -1.70. The highest BCUT2D eigenvalue weighted by molar-refractivity contribution is 7.46. The molecule has 0 rings (SSSR count). The van der Waals surface area contributed by atoms with Crippen molar-refractivity contribution in [1.82, 2.24) is 0 Å². The van der Waals surface area contributed by atoms with Gasteiger partial charge in [0.2, 0.25) is 0 Å². The summed E-state index contributed by atoms with van der Waals surface area (Å²) in [6, 6.07) is 0. The molecule has 8 heteroatoms. The predicted molar refractivity (Wildman–Crippen MR) is 47.1 cm³/mol. The lowest BCUT2D eigenvalue weighted by Gasteiger charge is -2.32. The van der Waals surface area contributed by atoms with Crippen LogP contribution in [0.5, 0.6) is 0 Å². The molecule has 0 amide bonds. The van der Waals surface area contributed by atoms with Gasteiger partial charge in [0.1, 0.15) is 0 Å². The first-order valence-electron chi connectivity index (χ1n) is 4.41. The maximum absolute atomic E-state index is 13.5. The Morgan fingerprint density at radius 1 is 1.27 bits per heavy atom. The molecular weight excluding hydrogens is 236 g/mol. The van der Waals surface area contributed by atoms with Crippen LogP contribution < -0.4 is 0 Å². The Labute approximate surface area is 85.7 Å². The fourth-order valence-electron chi connectivity index (χ4n) is 1.08. The molecule has 0 aromatic rings. The lowest BCUT2D eigenvalue weighted by atomic mass is 10.0. The standard InChI is InChI=1S/C7H14F3O4P/c1-3-5-6(8,9)7(10,4-2)14-15(11,12)13/h3-5H2,1-2H3,(H2,11,12,13). The first kappa shape index (κ1) is 14.9. The van der Waals surface area contributed by atoms with Crippen LogP contribution in [-0.2, 0) is 9.09 Å². The summed E-state index contributed by atoms with van der Waals surface area (Å²) in [7, 11) is -5.28. The Balaban J connectivity index is 4.91. The topological polar surface area (TPSA) is 66.8 Å². The highest BCUT2D eigenvalue weighted by Crippen LogP contribution is 2.50. The van der Waals surface area contributed by atoms with Crippen molar-refractivity contribution in [2.45, 2.75) is 44.9 Å². The average molecular weight is 250 g/mol. The fraction of sp³-hybridized carbons (Fsp3) is 1.00. The minimum atomic E-state index is -5.28. The second kappa shape index (κ2) is 4.82. The third kappa shape index (κ3) is 4.10. The smallest absolute Gasteiger partial charge is 0.303 e. The molecule has 15 heavy (non-hydrogen) atoms. The van der Waals surface area contributed by atoms with Crippen LogP contribution in [0.4, 0.5) is 13.2 Å². The number of phosphoric acid groups is 1. The van der Waals surface area contributed by atoms with Gasteiger partial charge in [-0.05, 0) is 0 Å². The van der Waals surface area contributed by atoms with E-state index in [0.717, 1.165) is 6.92 Å². The highest BCUT2D eigenvalue weighted by atomic mass is 31.2. The van der Waals surface area contributed by atoms with Crippen molar-refractivity contribution in [2.75, 3.05) is 0 Å². The van der Waals surface area contributed by atoms with Crippen LogP contribution in [0.15, 0.2) is 0 Å². The molecule has 0 aromatic carbocycles. The fourth-order valence-corrected chi connectivity index (χ4v) is 1.72. The third-order valence-electron chi connectivity index (χ3n) is 1.83. The van der Waals surface area contributed by atoms with Gasteiger partial charge in [-0.15, -0.1) is 0 Å². The van der Waals surface area contributed by atoms with E-state index in [1.54, 1.807) is 0 Å². The van der Waals surface area contributed by atoms with E-state index in [4.69, 9.17) is 9.79 Å². The molecule has 1 atom stereocenters. The van der Waals surface area contributed by atoms with Gasteiger partial charge >= 0.3 is 13.7 Å². The van der Waals surface area contributed by atoms with E-state index < -0.39 is 32.4 Å². The molecule has 0 aliphatic rings. The molecule has 0 aliphatic heterocycles. The maximum atomic E-state index is 13.5. The Kier molecular flexibility index (Phi) is 4.79. The summed E-state index contributed by atoms with van der Waals surface area (Å²) in [6.45, 7) is 2.43. The van der Waals surface area contributed by atoms with Crippen LogP contribution in [0, 0.1) is 0 Å². The third-order valence-corrected chi connectivity index (χ3v) is 2.36. The molecule has 0 radical (unpaired) electrons. The number of rotatable bonds is 6. The van der Waals surface area contributed by atoms with Gasteiger partial charge in [0.05, 0.1) is 0 Å². The highest BCUT2D eigenvalue weighted by Gasteiger charge is 2.57. The molecule has 0 saturated carbocycles. The van der Waals surface area contributed by atoms with E-state index in [2.05, 4.69) is 4.52 Å². The lowest BCUT2D eigenvalue weighted by molar-refractivity contribution is -0.246. The van der Waals surface area contributed by atoms with Crippen molar-refractivity contribution < 1.29 is 32.0 Å². The van der Waals surface area contributed by atoms with Crippen molar-refractivity contribution in [2.24, 2.45) is 0 Å². The van der Waals surface area contributed by atoms with Crippen molar-refractivity contribution in [3.8, 4) is 0 Å². The summed E-state index contributed by atoms with van der Waals surface area (Å²) >= 11 is 0. The maximum Gasteiger partial charge on any atom is 0.472 e. The van der Waals surface area contributed by atoms with Crippen LogP contribution in [0.1, 0.15) is 33.1 Å². The van der Waals surface area contributed by atoms with Gasteiger partial charge in [-0.25, -0.2) is 22.3 Å². The molecule has 4 nitrogen and oxygen atoms in total. The number of hydrogen-bond donors (Lipinski definition) is 2. The van der Waals surface area contributed by atoms with Gasteiger partial charge in [0.25, 0.3) is 5.85 Å². The summed E-state index contributed by atoms with van der Waals surface area (Å²) < 4.78 is 53.7. The number of halogens is 3. The van der Waals surface area contributed by atoms with Crippen LogP contribution in [0.3, 0.4) is 0 Å². The van der Waals surface area contributed by atoms with Gasteiger partial charge in [-0.2, -0.15) is 0 Å². The molecule has 92 valence electrons.